The molecule has 0 aromatic heterocycles. The summed E-state index contributed by atoms with van der Waals surface area (Å²) in [5, 5.41) is 3.71. The predicted octanol–water partition coefficient (Wildman–Crippen LogP) is 6.18. The minimum absolute atomic E-state index is 0.00164. The molecule has 2 rings (SSSR count). The molecule has 0 bridgehead atoms. The first-order valence-electron chi connectivity index (χ1n) is 5.64. The van der Waals surface area contributed by atoms with E-state index >= 15 is 0 Å². The van der Waals surface area contributed by atoms with Crippen molar-refractivity contribution in [2.75, 3.05) is 5.32 Å². The smallest absolute Gasteiger partial charge is 0.125 e. The highest BCUT2D eigenvalue weighted by atomic mass is 79.9. The Morgan fingerprint density at radius 2 is 1.89 bits per heavy atom. The van der Waals surface area contributed by atoms with Crippen LogP contribution < -0.4 is 5.32 Å². The molecule has 0 spiro atoms. The average molecular weight is 408 g/mol. The summed E-state index contributed by atoms with van der Waals surface area (Å²) in [6.07, 6.45) is 0. The van der Waals surface area contributed by atoms with Gasteiger partial charge in [-0.3, -0.25) is 0 Å². The third kappa shape index (κ3) is 3.71. The highest BCUT2D eigenvalue weighted by Gasteiger charge is 2.11. The highest BCUT2D eigenvalue weighted by Crippen LogP contribution is 2.31. The lowest BCUT2D eigenvalue weighted by molar-refractivity contribution is 0.628. The van der Waals surface area contributed by atoms with Crippen LogP contribution in [-0.2, 0) is 0 Å². The van der Waals surface area contributed by atoms with E-state index in [1.165, 1.54) is 12.1 Å². The van der Waals surface area contributed by atoms with Gasteiger partial charge in [0.1, 0.15) is 5.82 Å². The molecule has 19 heavy (non-hydrogen) atoms. The van der Waals surface area contributed by atoms with Crippen molar-refractivity contribution in [3.05, 3.63) is 61.7 Å². The number of rotatable bonds is 3. The molecule has 0 aliphatic carbocycles. The first kappa shape index (κ1) is 14.8. The van der Waals surface area contributed by atoms with Crippen LogP contribution in [0.15, 0.2) is 45.3 Å². The summed E-state index contributed by atoms with van der Waals surface area (Å²) in [6, 6.07) is 10.2. The summed E-state index contributed by atoms with van der Waals surface area (Å²) in [6.45, 7) is 2.00. The summed E-state index contributed by atoms with van der Waals surface area (Å²) in [5.74, 6) is -0.311. The molecule has 1 nitrogen and oxygen atoms in total. The van der Waals surface area contributed by atoms with E-state index in [4.69, 9.17) is 11.6 Å². The Bertz CT molecular complexity index is 604. The van der Waals surface area contributed by atoms with Gasteiger partial charge in [0.15, 0.2) is 0 Å². The van der Waals surface area contributed by atoms with Crippen LogP contribution in [0.25, 0.3) is 0 Å². The second-order valence-electron chi connectivity index (χ2n) is 4.16. The van der Waals surface area contributed by atoms with Crippen molar-refractivity contribution in [3.8, 4) is 0 Å². The third-order valence-electron chi connectivity index (χ3n) is 2.73. The van der Waals surface area contributed by atoms with E-state index < -0.39 is 0 Å². The van der Waals surface area contributed by atoms with Gasteiger partial charge < -0.3 is 5.32 Å². The highest BCUT2D eigenvalue weighted by molar-refractivity contribution is 9.11. The van der Waals surface area contributed by atoms with E-state index in [1.54, 1.807) is 6.07 Å². The second-order valence-corrected chi connectivity index (χ2v) is 6.33. The zero-order valence-corrected chi connectivity index (χ0v) is 14.0. The fraction of sp³-hybridized carbons (Fsp3) is 0.143. The van der Waals surface area contributed by atoms with Crippen molar-refractivity contribution < 1.29 is 4.39 Å². The van der Waals surface area contributed by atoms with Gasteiger partial charge in [-0.25, -0.2) is 4.39 Å². The molecular weight excluding hydrogens is 396 g/mol. The molecule has 0 aliphatic heterocycles. The summed E-state index contributed by atoms with van der Waals surface area (Å²) in [7, 11) is 0. The fourth-order valence-electron chi connectivity index (χ4n) is 1.77. The Morgan fingerprint density at radius 1 is 1.16 bits per heavy atom. The quantitative estimate of drug-likeness (QED) is 0.641. The first-order valence-corrected chi connectivity index (χ1v) is 7.60. The van der Waals surface area contributed by atoms with Crippen LogP contribution >= 0.6 is 43.5 Å². The molecule has 5 heteroatoms. The van der Waals surface area contributed by atoms with E-state index in [0.29, 0.717) is 10.7 Å². The van der Waals surface area contributed by atoms with Crippen molar-refractivity contribution in [2.24, 2.45) is 0 Å². The van der Waals surface area contributed by atoms with Gasteiger partial charge in [0.2, 0.25) is 0 Å². The molecule has 0 radical (unpaired) electrons. The van der Waals surface area contributed by atoms with Crippen LogP contribution in [0, 0.1) is 5.82 Å². The van der Waals surface area contributed by atoms with Gasteiger partial charge in [0, 0.05) is 15.0 Å². The molecule has 1 unspecified atom stereocenters. The minimum atomic E-state index is -0.311. The molecule has 2 aromatic carbocycles. The molecule has 2 aromatic rings. The van der Waals surface area contributed by atoms with E-state index in [1.807, 2.05) is 25.1 Å². The molecular formula is C14H11Br2ClFN. The van der Waals surface area contributed by atoms with Crippen LogP contribution in [0.5, 0.6) is 0 Å². The van der Waals surface area contributed by atoms with Gasteiger partial charge in [0.05, 0.1) is 10.7 Å². The van der Waals surface area contributed by atoms with Crippen molar-refractivity contribution >= 4 is 49.1 Å². The van der Waals surface area contributed by atoms with E-state index in [-0.39, 0.29) is 11.9 Å². The SMILES string of the molecule is CC(Nc1cc(F)ccc1Cl)c1ccc(Br)cc1Br. The van der Waals surface area contributed by atoms with Gasteiger partial charge in [-0.05, 0) is 42.8 Å². The number of halogens is 4. The van der Waals surface area contributed by atoms with Crippen LogP contribution in [0.4, 0.5) is 10.1 Å². The fourth-order valence-corrected chi connectivity index (χ4v) is 3.33. The number of anilines is 1. The van der Waals surface area contributed by atoms with Crippen LogP contribution in [0.2, 0.25) is 5.02 Å². The van der Waals surface area contributed by atoms with Crippen molar-refractivity contribution in [1.29, 1.82) is 0 Å². The van der Waals surface area contributed by atoms with Gasteiger partial charge in [0.25, 0.3) is 0 Å². The van der Waals surface area contributed by atoms with E-state index in [0.717, 1.165) is 14.5 Å². The van der Waals surface area contributed by atoms with Crippen molar-refractivity contribution in [1.82, 2.24) is 0 Å². The lowest BCUT2D eigenvalue weighted by Crippen LogP contribution is -2.08. The predicted molar refractivity (Wildman–Crippen MR) is 85.3 cm³/mol. The molecule has 1 atom stereocenters. The molecule has 0 fully saturated rings. The zero-order chi connectivity index (χ0) is 14.0. The lowest BCUT2D eigenvalue weighted by Gasteiger charge is -2.18. The number of benzene rings is 2. The van der Waals surface area contributed by atoms with Crippen LogP contribution in [0.1, 0.15) is 18.5 Å². The molecule has 1 N–H and O–H groups in total. The monoisotopic (exact) mass is 405 g/mol. The van der Waals surface area contributed by atoms with Crippen molar-refractivity contribution in [2.45, 2.75) is 13.0 Å². The van der Waals surface area contributed by atoms with Gasteiger partial charge >= 0.3 is 0 Å². The maximum atomic E-state index is 13.2. The molecule has 0 saturated heterocycles. The number of hydrogen-bond acceptors (Lipinski definition) is 1. The van der Waals surface area contributed by atoms with Crippen molar-refractivity contribution in [3.63, 3.8) is 0 Å². The largest absolute Gasteiger partial charge is 0.377 e. The Kier molecular flexibility index (Phi) is 4.87. The summed E-state index contributed by atoms with van der Waals surface area (Å²) >= 11 is 13.0. The molecule has 0 aliphatic rings. The van der Waals surface area contributed by atoms with Gasteiger partial charge in [-0.2, -0.15) is 0 Å². The van der Waals surface area contributed by atoms with E-state index in [9.17, 15) is 4.39 Å². The maximum Gasteiger partial charge on any atom is 0.125 e. The summed E-state index contributed by atoms with van der Waals surface area (Å²) in [4.78, 5) is 0. The Morgan fingerprint density at radius 3 is 2.58 bits per heavy atom. The number of nitrogens with one attached hydrogen (secondary N) is 1. The Balaban J connectivity index is 2.25. The topological polar surface area (TPSA) is 12.0 Å². The summed E-state index contributed by atoms with van der Waals surface area (Å²) < 4.78 is 15.2. The lowest BCUT2D eigenvalue weighted by atomic mass is 10.1. The molecule has 100 valence electrons. The Hall–Kier alpha value is -0.580. The first-order chi connectivity index (χ1) is 8.97. The molecule has 0 amide bonds. The number of hydrogen-bond donors (Lipinski definition) is 1. The normalized spacial score (nSPS) is 12.3. The zero-order valence-electron chi connectivity index (χ0n) is 10.1. The second kappa shape index (κ2) is 6.25. The maximum absolute atomic E-state index is 13.2. The molecule has 0 heterocycles. The summed E-state index contributed by atoms with van der Waals surface area (Å²) in [5.41, 5.74) is 1.66. The minimum Gasteiger partial charge on any atom is -0.377 e. The standard InChI is InChI=1S/C14H11Br2ClFN/c1-8(11-4-2-9(15)6-12(11)16)19-14-7-10(18)3-5-13(14)17/h2-8,19H,1H3. The third-order valence-corrected chi connectivity index (χ3v) is 4.24. The van der Waals surface area contributed by atoms with E-state index in [2.05, 4.69) is 37.2 Å². The average Bonchev–Trinajstić information content (AvgIpc) is 2.33. The molecule has 0 saturated carbocycles. The van der Waals surface area contributed by atoms with Crippen LogP contribution in [0.3, 0.4) is 0 Å². The van der Waals surface area contributed by atoms with Crippen LogP contribution in [-0.4, -0.2) is 0 Å². The van der Waals surface area contributed by atoms with Gasteiger partial charge in [-0.15, -0.1) is 0 Å². The Labute approximate surface area is 133 Å². The van der Waals surface area contributed by atoms with Gasteiger partial charge in [-0.1, -0.05) is 49.5 Å².